The summed E-state index contributed by atoms with van der Waals surface area (Å²) in [5.41, 5.74) is 18.1. The summed E-state index contributed by atoms with van der Waals surface area (Å²) in [6, 6.07) is 0. The van der Waals surface area contributed by atoms with Crippen LogP contribution in [0.1, 0.15) is 147 Å². The fourth-order valence-corrected chi connectivity index (χ4v) is 19.8. The molecule has 0 radical (unpaired) electrons. The van der Waals surface area contributed by atoms with Crippen molar-refractivity contribution in [2.45, 2.75) is 204 Å². The molecule has 0 aromatic rings. The Hall–Kier alpha value is -3.62. The largest absolute Gasteiger partial charge is 0.480 e. The highest BCUT2D eigenvalue weighted by Gasteiger charge is 2.46. The molecule has 0 unspecified atom stereocenters. The first-order valence-electron chi connectivity index (χ1n) is 29.2. The molecule has 2 amide bonds. The highest BCUT2D eigenvalue weighted by molar-refractivity contribution is 6.78. The molecule has 0 aliphatic carbocycles. The summed E-state index contributed by atoms with van der Waals surface area (Å²) < 4.78 is 72.1. The van der Waals surface area contributed by atoms with E-state index in [-0.39, 0.29) is 108 Å². The number of esters is 1. The quantitative estimate of drug-likeness (QED) is 0.00643. The number of carbonyl (C=O) groups excluding carboxylic acids is 3. The number of alkyl halides is 1. The summed E-state index contributed by atoms with van der Waals surface area (Å²) in [5, 5.41) is 29.2. The minimum Gasteiger partial charge on any atom is -0.480 e. The van der Waals surface area contributed by atoms with E-state index in [0.29, 0.717) is 92.6 Å². The molecule has 0 saturated heterocycles. The van der Waals surface area contributed by atoms with Crippen LogP contribution in [0.4, 0.5) is 9.59 Å². The predicted molar refractivity (Wildman–Crippen MR) is 353 cm³/mol. The molecule has 0 rings (SSSR count). The number of hydrogen-bond donors (Lipinski definition) is 4. The topological polar surface area (TPSA) is 350 Å². The zero-order chi connectivity index (χ0) is 65.9. The van der Waals surface area contributed by atoms with Crippen LogP contribution in [0.5, 0.6) is 0 Å². The monoisotopic (exact) mass is 1330 g/mol. The number of aliphatic carboxylic acids is 1. The molecule has 0 bridgehead atoms. The van der Waals surface area contributed by atoms with Gasteiger partial charge < -0.3 is 81.8 Å². The molecule has 0 aliphatic heterocycles. The summed E-state index contributed by atoms with van der Waals surface area (Å²) >= 11 is 4.64. The van der Waals surface area contributed by atoms with Gasteiger partial charge in [-0.05, 0) is 85.9 Å². The molecule has 30 heteroatoms. The molecular weight excluding hydrogens is 1200 g/mol. The summed E-state index contributed by atoms with van der Waals surface area (Å²) in [6.07, 6.45) is -0.516. The van der Waals surface area contributed by atoms with Crippen LogP contribution in [-0.2, 0) is 70.5 Å². The Kier molecular flexibility index (Phi) is 66.4. The van der Waals surface area contributed by atoms with Crippen LogP contribution >= 0.6 is 11.6 Å². The van der Waals surface area contributed by atoms with Crippen LogP contribution in [0.2, 0.25) is 33.2 Å². The third-order valence-electron chi connectivity index (χ3n) is 12.0. The minimum absolute atomic E-state index is 0. The first-order valence-corrected chi connectivity index (χ1v) is 34.2. The van der Waals surface area contributed by atoms with Crippen molar-refractivity contribution >= 4 is 52.4 Å². The van der Waals surface area contributed by atoms with E-state index in [1.807, 2.05) is 0 Å². The lowest BCUT2D eigenvalue weighted by atomic mass is 10.2. The van der Waals surface area contributed by atoms with Crippen molar-refractivity contribution in [3.8, 4) is 0 Å². The highest BCUT2D eigenvalue weighted by atomic mass is 35.5. The Balaban J connectivity index is -0.000000248. The number of ether oxygens (including phenoxy) is 11. The molecule has 0 aromatic heterocycles. The molecule has 0 fully saturated rings. The number of halogens is 1. The van der Waals surface area contributed by atoms with E-state index in [2.05, 4.69) is 130 Å². The van der Waals surface area contributed by atoms with Crippen LogP contribution in [0, 0.1) is 0 Å². The fraction of sp³-hybridized carbons (Fsp3) is 0.931. The van der Waals surface area contributed by atoms with Crippen LogP contribution < -0.4 is 10.6 Å². The van der Waals surface area contributed by atoms with Crippen molar-refractivity contribution in [3.05, 3.63) is 20.9 Å². The average molecular weight is 1330 g/mol. The molecule has 2 atom stereocenters. The number of hydrogen-bond acceptors (Lipinski definition) is 20. The predicted octanol–water partition coefficient (Wildman–Crippen LogP) is 12.3. The number of alkyl carbamates (subject to hydrolysis) is 2. The number of nitrogens with zero attached hydrogens (tertiary/aromatic N) is 6. The second kappa shape index (κ2) is 59.7. The Morgan fingerprint density at radius 2 is 0.830 bits per heavy atom. The number of aliphatic hydroxyl groups is 1. The van der Waals surface area contributed by atoms with E-state index < -0.39 is 64.2 Å². The van der Waals surface area contributed by atoms with Crippen molar-refractivity contribution in [1.82, 2.24) is 10.6 Å². The third kappa shape index (κ3) is 53.1. The number of nitrogens with one attached hydrogen (secondary N) is 2. The Morgan fingerprint density at radius 3 is 1.16 bits per heavy atom. The van der Waals surface area contributed by atoms with Crippen LogP contribution in [-0.4, -0.2) is 226 Å². The number of azide groups is 2. The lowest BCUT2D eigenvalue weighted by Gasteiger charge is -2.42. The second-order valence-corrected chi connectivity index (χ2v) is 33.7. The fourth-order valence-electron chi connectivity index (χ4n) is 8.96. The van der Waals surface area contributed by atoms with Crippen molar-refractivity contribution in [2.75, 3.05) is 151 Å². The molecule has 27 nitrogen and oxygen atoms in total. The van der Waals surface area contributed by atoms with Crippen LogP contribution in [0.25, 0.3) is 20.9 Å². The lowest BCUT2D eigenvalue weighted by Crippen LogP contribution is -2.48. The van der Waals surface area contributed by atoms with Gasteiger partial charge >= 0.3 is 24.1 Å². The summed E-state index contributed by atoms with van der Waals surface area (Å²) in [6.45, 7) is 42.6. The zero-order valence-electron chi connectivity index (χ0n) is 55.1. The van der Waals surface area contributed by atoms with E-state index in [1.54, 1.807) is 41.5 Å². The number of carboxylic acid groups (broad SMARTS) is 1. The molecule has 88 heavy (non-hydrogen) atoms. The normalized spacial score (nSPS) is 12.0. The van der Waals surface area contributed by atoms with Gasteiger partial charge in [-0.3, -0.25) is 0 Å². The van der Waals surface area contributed by atoms with Crippen molar-refractivity contribution < 1.29 is 90.3 Å². The zero-order valence-corrected chi connectivity index (χ0v) is 57.8. The standard InChI is InChI=1S/C27H54N4O9Si.C23H49NO7Si.C4H7N3O3.CH3Cl.3CH4/c1-21(2)41(22(3)4,23(5)6)39-17-15-34-14-16-37-24(19-38-25(32)20-36-13-11-30-31-28)18-35-12-10-29-26(33)40-27(7,8)9;1-18(2)32(19(3)4,20(5)6)30-15-13-27-12-14-29-21(16-25)17-28-11-10-24-22(26)31-23(7,8)9;5-7-6-1-2-10-3-4(8)9;1-2;;;/h21-24H,10-20H2,1-9H3,(H,29,33);18-21,25H,10-17H2,1-9H3,(H,24,26);1-3H2,(H,8,9);1H3;3*1H4/t24-;21-;;;;;/m10...../s1. The molecule has 526 valence electrons. The average Bonchev–Trinajstić information content (AvgIpc) is 1.89. The van der Waals surface area contributed by atoms with Gasteiger partial charge in [0.15, 0.2) is 16.6 Å². The molecule has 0 saturated carbocycles. The molecular formula is C58H125ClN8O19Si2. The summed E-state index contributed by atoms with van der Waals surface area (Å²) in [4.78, 5) is 50.1. The lowest BCUT2D eigenvalue weighted by molar-refractivity contribution is -0.155. The van der Waals surface area contributed by atoms with Gasteiger partial charge in [0.1, 0.15) is 43.2 Å². The van der Waals surface area contributed by atoms with Gasteiger partial charge in [-0.25, -0.2) is 19.2 Å². The van der Waals surface area contributed by atoms with Crippen molar-refractivity contribution in [1.29, 1.82) is 0 Å². The Morgan fingerprint density at radius 1 is 0.489 bits per heavy atom. The SMILES string of the molecule is C.C.C.CC(C)[Si](OCCOCCO[C@@H](CO)COCCNC(=O)OC(C)(C)C)(C(C)C)C(C)C.CC(C)[Si](OCCOCCO[C@H](COCCNC(=O)OC(C)(C)C)COC(=O)COCCN=[N+]=[N-])(C(C)C)C(C)C.CCl.[N-]=[N+]=NCCOCC(=O)O. The van der Waals surface area contributed by atoms with Gasteiger partial charge in [0.25, 0.3) is 0 Å². The van der Waals surface area contributed by atoms with E-state index in [4.69, 9.17) is 72.4 Å². The van der Waals surface area contributed by atoms with Crippen LogP contribution in [0.15, 0.2) is 10.2 Å². The van der Waals surface area contributed by atoms with Gasteiger partial charge in [0, 0.05) is 42.4 Å². The second-order valence-electron chi connectivity index (χ2n) is 22.8. The van der Waals surface area contributed by atoms with Gasteiger partial charge in [0.2, 0.25) is 0 Å². The van der Waals surface area contributed by atoms with E-state index >= 15 is 0 Å². The maximum Gasteiger partial charge on any atom is 0.407 e. The molecule has 0 heterocycles. The smallest absolute Gasteiger partial charge is 0.407 e. The van der Waals surface area contributed by atoms with Gasteiger partial charge in [-0.15, -0.1) is 11.6 Å². The number of amides is 2. The third-order valence-corrected chi connectivity index (χ3v) is 24.3. The van der Waals surface area contributed by atoms with E-state index in [0.717, 1.165) is 0 Å². The van der Waals surface area contributed by atoms with Gasteiger partial charge in [-0.2, -0.15) is 0 Å². The van der Waals surface area contributed by atoms with E-state index in [9.17, 15) is 24.3 Å². The molecule has 0 spiro atoms. The van der Waals surface area contributed by atoms with Crippen molar-refractivity contribution in [3.63, 3.8) is 0 Å². The van der Waals surface area contributed by atoms with E-state index in [1.165, 1.54) is 6.38 Å². The van der Waals surface area contributed by atoms with Gasteiger partial charge in [0.05, 0.1) is 99.1 Å². The molecule has 0 aliphatic rings. The first kappa shape index (κ1) is 98.0. The molecule has 0 aromatic carbocycles. The highest BCUT2D eigenvalue weighted by Crippen LogP contribution is 2.43. The summed E-state index contributed by atoms with van der Waals surface area (Å²) in [5.74, 6) is -1.60. The first-order chi connectivity index (χ1) is 39.9. The van der Waals surface area contributed by atoms with Crippen molar-refractivity contribution in [2.24, 2.45) is 10.2 Å². The maximum atomic E-state index is 12.0. The number of rotatable bonds is 45. The summed E-state index contributed by atoms with van der Waals surface area (Å²) in [7, 11) is -3.79. The minimum atomic E-state index is -1.93. The Labute approximate surface area is 537 Å². The number of carbonyl (C=O) groups is 4. The molecule has 4 N–H and O–H groups in total. The Bertz CT molecular complexity index is 1740. The maximum absolute atomic E-state index is 12.0. The number of aliphatic hydroxyl groups excluding tert-OH is 1. The number of carboxylic acids is 1. The van der Waals surface area contributed by atoms with Crippen LogP contribution in [0.3, 0.4) is 0 Å². The van der Waals surface area contributed by atoms with Gasteiger partial charge in [-0.1, -0.05) is 116 Å².